The van der Waals surface area contributed by atoms with Gasteiger partial charge in [-0.05, 0) is 30.3 Å². The van der Waals surface area contributed by atoms with E-state index in [1.54, 1.807) is 30.3 Å². The second kappa shape index (κ2) is 9.71. The van der Waals surface area contributed by atoms with Crippen molar-refractivity contribution in [3.05, 3.63) is 54.6 Å². The molecule has 2 aromatic carbocycles. The fourth-order valence-corrected chi connectivity index (χ4v) is 3.78. The van der Waals surface area contributed by atoms with Crippen molar-refractivity contribution in [3.8, 4) is 0 Å². The quantitative estimate of drug-likeness (QED) is 0.628. The van der Waals surface area contributed by atoms with Crippen LogP contribution in [0.4, 0.5) is 11.4 Å². The van der Waals surface area contributed by atoms with Crippen LogP contribution in [0.25, 0.3) is 0 Å². The molecule has 1 heterocycles. The molecule has 0 saturated heterocycles. The Balaban J connectivity index is 1.62. The average Bonchev–Trinajstić information content (AvgIpc) is 2.78. The summed E-state index contributed by atoms with van der Waals surface area (Å²) in [7, 11) is -0.853. The summed E-state index contributed by atoms with van der Waals surface area (Å²) >= 11 is 0. The summed E-state index contributed by atoms with van der Waals surface area (Å²) < 4.78 is 30.5. The van der Waals surface area contributed by atoms with Crippen LogP contribution in [0.3, 0.4) is 0 Å². The first-order valence-corrected chi connectivity index (χ1v) is 11.1. The molecule has 0 aliphatic carbocycles. The number of para-hydroxylation sites is 1. The molecule has 0 bridgehead atoms. The van der Waals surface area contributed by atoms with E-state index in [0.717, 1.165) is 9.31 Å². The van der Waals surface area contributed by atoms with Crippen molar-refractivity contribution in [1.82, 2.24) is 4.31 Å². The van der Waals surface area contributed by atoms with Crippen LogP contribution in [0.5, 0.6) is 0 Å². The Morgan fingerprint density at radius 1 is 1.09 bits per heavy atom. The van der Waals surface area contributed by atoms with Gasteiger partial charge >= 0.3 is 5.97 Å². The summed E-state index contributed by atoms with van der Waals surface area (Å²) in [5.41, 5.74) is 0.790. The number of hydrazone groups is 1. The van der Waals surface area contributed by atoms with Gasteiger partial charge in [0.1, 0.15) is 5.71 Å². The smallest absolute Gasteiger partial charge is 0.355 e. The standard InChI is InChI=1S/C21H22N4O6S/c1-24(2)32(29,30)17-10-6-7-15(13-17)22-19(26)14-31-21(28)18-11-12-20(27)25(23-18)16-8-4-3-5-9-16/h3-10,13H,11-12,14H2,1-2H3,(H,22,26). The Kier molecular flexibility index (Phi) is 7.01. The Hall–Kier alpha value is -3.57. The number of ether oxygens (including phenoxy) is 1. The first-order valence-electron chi connectivity index (χ1n) is 9.63. The molecule has 0 fully saturated rings. The van der Waals surface area contributed by atoms with Gasteiger partial charge in [0.2, 0.25) is 15.9 Å². The molecule has 1 N–H and O–H groups in total. The van der Waals surface area contributed by atoms with E-state index < -0.39 is 28.5 Å². The van der Waals surface area contributed by atoms with Crippen molar-refractivity contribution >= 4 is 44.9 Å². The molecule has 3 rings (SSSR count). The first-order chi connectivity index (χ1) is 15.2. The normalized spacial score (nSPS) is 14.2. The van der Waals surface area contributed by atoms with Gasteiger partial charge < -0.3 is 10.1 Å². The number of anilines is 2. The van der Waals surface area contributed by atoms with Gasteiger partial charge in [0, 0.05) is 32.6 Å². The largest absolute Gasteiger partial charge is 0.451 e. The molecule has 0 unspecified atom stereocenters. The molecular formula is C21H22N4O6S. The lowest BCUT2D eigenvalue weighted by Gasteiger charge is -2.22. The van der Waals surface area contributed by atoms with E-state index in [9.17, 15) is 22.8 Å². The summed E-state index contributed by atoms with van der Waals surface area (Å²) in [6.07, 6.45) is 0.190. The minimum atomic E-state index is -3.66. The number of carbonyl (C=O) groups excluding carboxylic acids is 3. The predicted molar refractivity (Wildman–Crippen MR) is 118 cm³/mol. The third kappa shape index (κ3) is 5.37. The lowest BCUT2D eigenvalue weighted by molar-refractivity contribution is -0.140. The number of esters is 1. The molecule has 0 saturated carbocycles. The van der Waals surface area contributed by atoms with Crippen molar-refractivity contribution in [1.29, 1.82) is 0 Å². The third-order valence-corrected chi connectivity index (χ3v) is 6.31. The summed E-state index contributed by atoms with van der Waals surface area (Å²) in [6, 6.07) is 14.4. The molecule has 32 heavy (non-hydrogen) atoms. The summed E-state index contributed by atoms with van der Waals surface area (Å²) in [4.78, 5) is 36.7. The molecule has 0 aromatic heterocycles. The van der Waals surface area contributed by atoms with Crippen LogP contribution in [0.2, 0.25) is 0 Å². The van der Waals surface area contributed by atoms with E-state index in [1.807, 2.05) is 0 Å². The van der Waals surface area contributed by atoms with Crippen molar-refractivity contribution < 1.29 is 27.5 Å². The van der Waals surface area contributed by atoms with Crippen molar-refractivity contribution in [2.75, 3.05) is 31.0 Å². The molecule has 1 aliphatic heterocycles. The lowest BCUT2D eigenvalue weighted by atomic mass is 10.1. The molecule has 2 amide bonds. The number of carbonyl (C=O) groups is 3. The highest BCUT2D eigenvalue weighted by Crippen LogP contribution is 2.20. The van der Waals surface area contributed by atoms with E-state index in [0.29, 0.717) is 5.69 Å². The molecular weight excluding hydrogens is 436 g/mol. The minimum Gasteiger partial charge on any atom is -0.451 e. The monoisotopic (exact) mass is 458 g/mol. The zero-order valence-electron chi connectivity index (χ0n) is 17.5. The van der Waals surface area contributed by atoms with Crippen LogP contribution >= 0.6 is 0 Å². The maximum absolute atomic E-state index is 12.3. The Labute approximate surface area is 185 Å². The van der Waals surface area contributed by atoms with Crippen molar-refractivity contribution in [2.24, 2.45) is 5.10 Å². The van der Waals surface area contributed by atoms with E-state index in [-0.39, 0.29) is 35.0 Å². The SMILES string of the molecule is CN(C)S(=O)(=O)c1cccc(NC(=O)COC(=O)C2=NN(c3ccccc3)C(=O)CC2)c1. The Morgan fingerprint density at radius 2 is 1.81 bits per heavy atom. The molecule has 10 nitrogen and oxygen atoms in total. The number of nitrogens with one attached hydrogen (secondary N) is 1. The van der Waals surface area contributed by atoms with Gasteiger partial charge in [-0.15, -0.1) is 0 Å². The average molecular weight is 458 g/mol. The van der Waals surface area contributed by atoms with Crippen LogP contribution in [0.15, 0.2) is 64.6 Å². The zero-order valence-corrected chi connectivity index (χ0v) is 18.3. The van der Waals surface area contributed by atoms with Gasteiger partial charge in [0.05, 0.1) is 10.6 Å². The van der Waals surface area contributed by atoms with Gasteiger partial charge in [0.15, 0.2) is 6.61 Å². The van der Waals surface area contributed by atoms with E-state index >= 15 is 0 Å². The second-order valence-electron chi connectivity index (χ2n) is 7.03. The summed E-state index contributed by atoms with van der Waals surface area (Å²) in [5, 5.41) is 7.70. The molecule has 11 heteroatoms. The molecule has 0 radical (unpaired) electrons. The highest BCUT2D eigenvalue weighted by molar-refractivity contribution is 7.89. The van der Waals surface area contributed by atoms with Crippen molar-refractivity contribution in [2.45, 2.75) is 17.7 Å². The summed E-state index contributed by atoms with van der Waals surface area (Å²) in [5.74, 6) is -1.71. The maximum atomic E-state index is 12.3. The van der Waals surface area contributed by atoms with E-state index in [2.05, 4.69) is 10.4 Å². The number of benzene rings is 2. The highest BCUT2D eigenvalue weighted by atomic mass is 32.2. The maximum Gasteiger partial charge on any atom is 0.355 e. The molecule has 0 atom stereocenters. The lowest BCUT2D eigenvalue weighted by Crippen LogP contribution is -2.35. The Bertz CT molecular complexity index is 1160. The topological polar surface area (TPSA) is 125 Å². The van der Waals surface area contributed by atoms with E-state index in [4.69, 9.17) is 4.74 Å². The third-order valence-electron chi connectivity index (χ3n) is 4.50. The predicted octanol–water partition coefficient (Wildman–Crippen LogP) is 1.60. The van der Waals surface area contributed by atoms with Gasteiger partial charge in [-0.2, -0.15) is 5.10 Å². The van der Waals surface area contributed by atoms with Gasteiger partial charge in [-0.1, -0.05) is 24.3 Å². The van der Waals surface area contributed by atoms with E-state index in [1.165, 1.54) is 38.4 Å². The van der Waals surface area contributed by atoms with Gasteiger partial charge in [-0.25, -0.2) is 22.5 Å². The summed E-state index contributed by atoms with van der Waals surface area (Å²) in [6.45, 7) is -0.595. The first kappa shape index (κ1) is 23.1. The molecule has 1 aliphatic rings. The number of nitrogens with zero attached hydrogens (tertiary/aromatic N) is 3. The van der Waals surface area contributed by atoms with Gasteiger partial charge in [0.25, 0.3) is 5.91 Å². The fraction of sp³-hybridized carbons (Fsp3) is 0.238. The minimum absolute atomic E-state index is 0.0135. The molecule has 168 valence electrons. The Morgan fingerprint density at radius 3 is 2.50 bits per heavy atom. The second-order valence-corrected chi connectivity index (χ2v) is 9.18. The number of amides is 2. The number of hydrogen-bond donors (Lipinski definition) is 1. The van der Waals surface area contributed by atoms with Crippen LogP contribution in [0.1, 0.15) is 12.8 Å². The number of sulfonamides is 1. The van der Waals surface area contributed by atoms with Crippen LogP contribution < -0.4 is 10.3 Å². The molecule has 2 aromatic rings. The zero-order chi connectivity index (χ0) is 23.3. The van der Waals surface area contributed by atoms with Crippen molar-refractivity contribution in [3.63, 3.8) is 0 Å². The highest BCUT2D eigenvalue weighted by Gasteiger charge is 2.27. The number of rotatable bonds is 7. The molecule has 0 spiro atoms. The van der Waals surface area contributed by atoms with Crippen LogP contribution in [0, 0.1) is 0 Å². The van der Waals surface area contributed by atoms with Gasteiger partial charge in [-0.3, -0.25) is 9.59 Å². The number of hydrogen-bond acceptors (Lipinski definition) is 7. The van der Waals surface area contributed by atoms with Crippen LogP contribution in [-0.4, -0.2) is 56.9 Å². The fourth-order valence-electron chi connectivity index (χ4n) is 2.83. The van der Waals surface area contributed by atoms with Crippen LogP contribution in [-0.2, 0) is 29.1 Å².